The molecule has 0 N–H and O–H groups in total. The third kappa shape index (κ3) is 2.56. The molecule has 1 aromatic carbocycles. The van der Waals surface area contributed by atoms with Gasteiger partial charge in [0.25, 0.3) is 0 Å². The molecule has 0 nitrogen and oxygen atoms in total. The Labute approximate surface area is 70.5 Å². The van der Waals surface area contributed by atoms with E-state index < -0.39 is 0 Å². The van der Waals surface area contributed by atoms with E-state index in [2.05, 4.69) is 37.3 Å². The third-order valence-electron chi connectivity index (χ3n) is 1.47. The zero-order valence-electron chi connectivity index (χ0n) is 7.38. The topological polar surface area (TPSA) is 0 Å². The summed E-state index contributed by atoms with van der Waals surface area (Å²) in [4.78, 5) is 0. The zero-order valence-corrected chi connectivity index (χ0v) is 7.53. The van der Waals surface area contributed by atoms with Crippen LogP contribution < -0.4 is 4.43 Å². The van der Waals surface area contributed by atoms with Gasteiger partial charge in [0.05, 0.1) is 0 Å². The summed E-state index contributed by atoms with van der Waals surface area (Å²) < 4.78 is 1.55. The van der Waals surface area contributed by atoms with Crippen molar-refractivity contribution in [1.82, 2.24) is 0 Å². The molecule has 0 spiro atoms. The van der Waals surface area contributed by atoms with Crippen LogP contribution in [0.3, 0.4) is 0 Å². The normalized spacial score (nSPS) is 8.90. The molecule has 0 bridgehead atoms. The van der Waals surface area contributed by atoms with Crippen LogP contribution >= 0.6 is 0 Å². The van der Waals surface area contributed by atoms with Crippen molar-refractivity contribution in [2.75, 3.05) is 0 Å². The van der Waals surface area contributed by atoms with Crippen LogP contribution in [0.15, 0.2) is 30.3 Å². The van der Waals surface area contributed by atoms with E-state index >= 15 is 0 Å². The van der Waals surface area contributed by atoms with Gasteiger partial charge in [-0.15, -0.1) is 0 Å². The first-order valence-corrected chi connectivity index (χ1v) is 5.21. The van der Waals surface area contributed by atoms with E-state index in [-0.39, 0.29) is 1.43 Å². The average molecular weight is 148 g/mol. The number of hydrogen-bond acceptors (Lipinski definition) is 0. The molecule has 0 aliphatic rings. The van der Waals surface area contributed by atoms with Gasteiger partial charge in [0.1, 0.15) is 0 Å². The van der Waals surface area contributed by atoms with Crippen LogP contribution in [0.4, 0.5) is 0 Å². The molecule has 52 valence electrons. The van der Waals surface area contributed by atoms with Crippen molar-refractivity contribution >= 4 is 19.6 Å². The van der Waals surface area contributed by atoms with Crippen LogP contribution in [0, 0.1) is 0 Å². The molecule has 1 heteroatoms. The molecular weight excluding hydrogens is 135 g/mol. The van der Waals surface area contributed by atoms with Gasteiger partial charge in [-0.05, 0) is 0 Å². The molecule has 0 heterocycles. The fourth-order valence-corrected chi connectivity index (χ4v) is 2.02. The second-order valence-corrected chi connectivity index (χ2v) is 4.06. The molecule has 1 aromatic rings. The molecule has 0 aromatic heterocycles. The first kappa shape index (κ1) is 7.86. The Balaban J connectivity index is 0.000001000. The minimum Gasteiger partial charge on any atom is -1.00 e. The van der Waals surface area contributed by atoms with Gasteiger partial charge in [-0.1, -0.05) is 0 Å². The molecule has 0 fully saturated rings. The monoisotopic (exact) mass is 148 g/mol. The summed E-state index contributed by atoms with van der Waals surface area (Å²) >= 11 is 0.547. The van der Waals surface area contributed by atoms with E-state index in [4.69, 9.17) is 0 Å². The van der Waals surface area contributed by atoms with E-state index in [1.165, 1.54) is 11.7 Å². The van der Waals surface area contributed by atoms with Gasteiger partial charge in [-0.2, -0.15) is 0 Å². The molecule has 0 atom stereocenters. The van der Waals surface area contributed by atoms with Gasteiger partial charge >= 0.3 is 68.6 Å². The smallest absolute Gasteiger partial charge is 1.00 e. The molecule has 10 heavy (non-hydrogen) atoms. The van der Waals surface area contributed by atoms with E-state index in [0.29, 0.717) is 15.2 Å². The van der Waals surface area contributed by atoms with Crippen molar-refractivity contribution < 1.29 is 1.43 Å². The maximum Gasteiger partial charge on any atom is -1.00 e. The van der Waals surface area contributed by atoms with Crippen LogP contribution in [0.1, 0.15) is 14.8 Å². The molecule has 0 radical (unpaired) electrons. The van der Waals surface area contributed by atoms with Gasteiger partial charge in [0, 0.05) is 0 Å². The molecule has 0 unspecified atom stereocenters. The second-order valence-electron chi connectivity index (χ2n) is 2.40. The van der Waals surface area contributed by atoms with Gasteiger partial charge < -0.3 is 1.43 Å². The fraction of sp³-hybridized carbons (Fsp3) is 0.333. The maximum absolute atomic E-state index is 2.25. The molecule has 0 amide bonds. The predicted molar refractivity (Wildman–Crippen MR) is 48.0 cm³/mol. The number of rotatable bonds is 3. The van der Waals surface area contributed by atoms with E-state index in [9.17, 15) is 0 Å². The van der Waals surface area contributed by atoms with Crippen LogP contribution in [0.2, 0.25) is 5.28 Å². The van der Waals surface area contributed by atoms with Crippen molar-refractivity contribution in [2.24, 2.45) is 0 Å². The fourth-order valence-electron chi connectivity index (χ4n) is 0.900. The van der Waals surface area contributed by atoms with Gasteiger partial charge in [-0.3, -0.25) is 0 Å². The summed E-state index contributed by atoms with van der Waals surface area (Å²) in [6, 6.07) is 10.8. The maximum atomic E-state index is 2.25. The standard InChI is InChI=1S/C6H5.C3H7.Al.H/c1-2-4-6-5-3-1;1-3-2;;/h1-5H;1,3H2,2H3;;/q;;+1;-1. The average Bonchev–Trinajstić information content (AvgIpc) is 2.03. The Kier molecular flexibility index (Phi) is 3.57. The molecule has 1 rings (SSSR count). The van der Waals surface area contributed by atoms with E-state index in [0.717, 1.165) is 0 Å². The van der Waals surface area contributed by atoms with Crippen molar-refractivity contribution in [2.45, 2.75) is 18.6 Å². The molecule has 0 aliphatic carbocycles. The summed E-state index contributed by atoms with van der Waals surface area (Å²) in [7, 11) is 0. The van der Waals surface area contributed by atoms with E-state index in [1.54, 1.807) is 4.43 Å². The first-order chi connectivity index (χ1) is 4.93. The van der Waals surface area contributed by atoms with E-state index in [1.807, 2.05) is 0 Å². The van der Waals surface area contributed by atoms with Gasteiger partial charge in [0.2, 0.25) is 0 Å². The quantitative estimate of drug-likeness (QED) is 0.575. The van der Waals surface area contributed by atoms with Gasteiger partial charge in [0.15, 0.2) is 0 Å². The van der Waals surface area contributed by atoms with Crippen molar-refractivity contribution in [1.29, 1.82) is 0 Å². The summed E-state index contributed by atoms with van der Waals surface area (Å²) in [5.41, 5.74) is 0. The summed E-state index contributed by atoms with van der Waals surface area (Å²) in [5.74, 6) is 0. The van der Waals surface area contributed by atoms with Crippen LogP contribution in [0.25, 0.3) is 0 Å². The Morgan fingerprint density at radius 2 is 2.00 bits per heavy atom. The summed E-state index contributed by atoms with van der Waals surface area (Å²) in [6.45, 7) is 2.25. The van der Waals surface area contributed by atoms with Crippen molar-refractivity contribution in [3.05, 3.63) is 30.3 Å². The molecular formula is C9H13Al. The van der Waals surface area contributed by atoms with Crippen molar-refractivity contribution in [3.8, 4) is 0 Å². The predicted octanol–water partition coefficient (Wildman–Crippen LogP) is 1.96. The Morgan fingerprint density at radius 1 is 1.30 bits per heavy atom. The molecule has 0 saturated heterocycles. The largest absolute Gasteiger partial charge is 1.00 e. The zero-order chi connectivity index (χ0) is 7.23. The first-order valence-electron chi connectivity index (χ1n) is 3.81. The molecule has 0 saturated carbocycles. The van der Waals surface area contributed by atoms with Crippen LogP contribution in [-0.2, 0) is 0 Å². The van der Waals surface area contributed by atoms with Crippen molar-refractivity contribution in [3.63, 3.8) is 0 Å². The Hall–Kier alpha value is -0.248. The summed E-state index contributed by atoms with van der Waals surface area (Å²) in [5, 5.41) is 1.39. The third-order valence-corrected chi connectivity index (χ3v) is 3.19. The minimum absolute atomic E-state index is 0. The summed E-state index contributed by atoms with van der Waals surface area (Å²) in [6.07, 6.45) is 1.32. The second kappa shape index (κ2) is 4.55. The molecule has 0 aliphatic heterocycles. The number of benzene rings is 1. The van der Waals surface area contributed by atoms with Crippen LogP contribution in [-0.4, -0.2) is 15.2 Å². The van der Waals surface area contributed by atoms with Gasteiger partial charge in [-0.25, -0.2) is 0 Å². The minimum atomic E-state index is 0. The Morgan fingerprint density at radius 3 is 2.60 bits per heavy atom. The van der Waals surface area contributed by atoms with Crippen LogP contribution in [0.5, 0.6) is 0 Å². The Bertz CT molecular complexity index is 174. The SMILES string of the molecule is CC[CH2][Al+][c]1ccccc1.[H-]. The number of hydrogen-bond donors (Lipinski definition) is 0.